The highest BCUT2D eigenvalue weighted by atomic mass is 35.5. The van der Waals surface area contributed by atoms with Gasteiger partial charge in [0.2, 0.25) is 0 Å². The van der Waals surface area contributed by atoms with Gasteiger partial charge < -0.3 is 19.3 Å². The molecule has 0 amide bonds. The molecule has 0 radical (unpaired) electrons. The smallest absolute Gasteiger partial charge is 0.337 e. The first-order valence-corrected chi connectivity index (χ1v) is 17.4. The van der Waals surface area contributed by atoms with E-state index in [1.165, 1.54) is 10.9 Å². The van der Waals surface area contributed by atoms with E-state index in [0.29, 0.717) is 16.5 Å². The Kier molecular flexibility index (Phi) is 8.23. The van der Waals surface area contributed by atoms with Crippen LogP contribution in [0.2, 0.25) is 5.02 Å². The molecule has 2 aromatic heterocycles. The summed E-state index contributed by atoms with van der Waals surface area (Å²) < 4.78 is 13.5. The molecule has 0 aliphatic carbocycles. The van der Waals surface area contributed by atoms with E-state index in [2.05, 4.69) is 35.8 Å². The maximum atomic E-state index is 12.7. The van der Waals surface area contributed by atoms with Crippen LogP contribution in [0.3, 0.4) is 0 Å². The van der Waals surface area contributed by atoms with E-state index < -0.39 is 27.4 Å². The van der Waals surface area contributed by atoms with Crippen molar-refractivity contribution in [1.82, 2.24) is 14.5 Å². The van der Waals surface area contributed by atoms with Gasteiger partial charge in [-0.25, -0.2) is 14.1 Å². The Hall–Kier alpha value is -2.69. The molecule has 7 nitrogen and oxygen atoms in total. The molecule has 6 rings (SSSR count). The zero-order valence-electron chi connectivity index (χ0n) is 25.3. The van der Waals surface area contributed by atoms with Crippen LogP contribution in [-0.2, 0) is 26.3 Å². The van der Waals surface area contributed by atoms with Crippen LogP contribution in [0.25, 0.3) is 22.2 Å². The molecule has 0 bridgehead atoms. The number of aliphatic carboxylic acids is 1. The first-order chi connectivity index (χ1) is 20.4. The lowest BCUT2D eigenvalue weighted by Crippen LogP contribution is -2.29. The Balaban J connectivity index is 1.45. The third-order valence-corrected chi connectivity index (χ3v) is 11.9. The van der Waals surface area contributed by atoms with Gasteiger partial charge in [-0.3, -0.25) is 0 Å². The van der Waals surface area contributed by atoms with Crippen molar-refractivity contribution in [2.24, 2.45) is 11.4 Å². The number of hydrogen-bond donors (Lipinski definition) is 1. The number of halogens is 1. The minimum absolute atomic E-state index is 0.517. The van der Waals surface area contributed by atoms with Gasteiger partial charge in [-0.1, -0.05) is 23.7 Å². The van der Waals surface area contributed by atoms with Crippen LogP contribution in [0.4, 0.5) is 5.69 Å². The summed E-state index contributed by atoms with van der Waals surface area (Å²) in [5.74, 6) is -0.504. The fourth-order valence-corrected chi connectivity index (χ4v) is 9.74. The number of nitrogens with zero attached hydrogens (tertiary/aromatic N) is 4. The largest absolute Gasteiger partial charge is 0.479 e. The molecule has 1 unspecified atom stereocenters. The van der Waals surface area contributed by atoms with E-state index in [-0.39, 0.29) is 0 Å². The summed E-state index contributed by atoms with van der Waals surface area (Å²) in [5.41, 5.74) is 5.78. The summed E-state index contributed by atoms with van der Waals surface area (Å²) in [4.78, 5) is 22.0. The molecular weight excluding hydrogens is 600 g/mol. The number of rotatable bonds is 6. The Labute approximate surface area is 264 Å². The Bertz CT molecular complexity index is 1750. The number of fused-ring (bicyclic) bond motifs is 2. The second-order valence-corrected chi connectivity index (χ2v) is 16.1. The topological polar surface area (TPSA) is 80.0 Å². The van der Waals surface area contributed by atoms with Gasteiger partial charge in [0.05, 0.1) is 16.2 Å². The highest BCUT2D eigenvalue weighted by molar-refractivity contribution is 8.70. The maximum Gasteiger partial charge on any atom is 0.337 e. The van der Waals surface area contributed by atoms with E-state index in [1.54, 1.807) is 10.8 Å². The number of ether oxygens (including phenoxy) is 1. The van der Waals surface area contributed by atoms with Gasteiger partial charge >= 0.3 is 5.97 Å². The molecule has 4 heterocycles. The highest BCUT2D eigenvalue weighted by Crippen LogP contribution is 2.53. The number of carbonyl (C=O) groups is 1. The molecule has 43 heavy (non-hydrogen) atoms. The van der Waals surface area contributed by atoms with Gasteiger partial charge in [0, 0.05) is 55.6 Å². The van der Waals surface area contributed by atoms with Gasteiger partial charge in [-0.05, 0) is 118 Å². The summed E-state index contributed by atoms with van der Waals surface area (Å²) in [6, 6.07) is 11.8. The summed E-state index contributed by atoms with van der Waals surface area (Å²) in [5, 5.41) is 12.2. The van der Waals surface area contributed by atoms with E-state index >= 15 is 0 Å². The van der Waals surface area contributed by atoms with Crippen LogP contribution >= 0.6 is 22.4 Å². The number of likely N-dealkylation sites (tertiary alicyclic amines) is 1. The van der Waals surface area contributed by atoms with Crippen LogP contribution in [0.5, 0.6) is 0 Å². The number of aryl methyl sites for hydroxylation is 2. The quantitative estimate of drug-likeness (QED) is 0.214. The molecule has 2 aliphatic rings. The summed E-state index contributed by atoms with van der Waals surface area (Å²) in [6.07, 6.45) is 5.35. The van der Waals surface area contributed by atoms with Crippen LogP contribution in [0.1, 0.15) is 62.3 Å². The average Bonchev–Trinajstić information content (AvgIpc) is 3.52. The molecule has 4 aromatic rings. The van der Waals surface area contributed by atoms with Crippen molar-refractivity contribution in [3.63, 3.8) is 0 Å². The van der Waals surface area contributed by atoms with Crippen LogP contribution in [0, 0.1) is 6.92 Å². The Morgan fingerprint density at radius 3 is 2.51 bits per heavy atom. The molecule has 226 valence electrons. The number of piperidine rings is 1. The summed E-state index contributed by atoms with van der Waals surface area (Å²) in [6.45, 7) is 9.78. The second kappa shape index (κ2) is 11.7. The maximum absolute atomic E-state index is 12.7. The van der Waals surface area contributed by atoms with Crippen molar-refractivity contribution in [2.75, 3.05) is 20.1 Å². The number of benzene rings is 2. The fraction of sp³-hybridized carbons (Fsp3) is 0.394. The predicted octanol–water partition coefficient (Wildman–Crippen LogP) is 8.47. The van der Waals surface area contributed by atoms with Crippen LogP contribution < -0.4 is 0 Å². The molecule has 0 spiro atoms. The molecular formula is C33H37ClN4O3S2. The Morgan fingerprint density at radius 1 is 1.16 bits per heavy atom. The van der Waals surface area contributed by atoms with E-state index in [9.17, 15) is 9.90 Å². The monoisotopic (exact) mass is 636 g/mol. The minimum atomic E-state index is -1.14. The third kappa shape index (κ3) is 6.02. The van der Waals surface area contributed by atoms with Crippen molar-refractivity contribution in [1.29, 1.82) is 0 Å². The lowest BCUT2D eigenvalue weighted by molar-refractivity contribution is -0.160. The molecule has 2 atom stereocenters. The normalized spacial score (nSPS) is 18.5. The van der Waals surface area contributed by atoms with Gasteiger partial charge in [-0.2, -0.15) is 0 Å². The molecule has 2 aliphatic heterocycles. The summed E-state index contributed by atoms with van der Waals surface area (Å²) in [7, 11) is 5.38. The van der Waals surface area contributed by atoms with Crippen molar-refractivity contribution in [2.45, 2.75) is 68.0 Å². The van der Waals surface area contributed by atoms with Crippen LogP contribution in [0.15, 0.2) is 62.9 Å². The SMILES string of the molecule is Cc1cc2c(c(-c3ccc(Cl)cc3)c1[C@H](OC(C)(C)C)C(=O)O)SS(c1cnc3c(c1)c(C1CCN(C)CC1)cn3C)=N2. The Morgan fingerprint density at radius 2 is 1.86 bits per heavy atom. The zero-order valence-corrected chi connectivity index (χ0v) is 27.7. The van der Waals surface area contributed by atoms with Gasteiger partial charge in [0.25, 0.3) is 0 Å². The number of hydrogen-bond acceptors (Lipinski definition) is 6. The minimum Gasteiger partial charge on any atom is -0.479 e. The van der Waals surface area contributed by atoms with Gasteiger partial charge in [0.15, 0.2) is 6.10 Å². The number of aromatic nitrogens is 2. The lowest BCUT2D eigenvalue weighted by Gasteiger charge is -2.28. The molecule has 2 aromatic carbocycles. The first-order valence-electron chi connectivity index (χ1n) is 14.5. The van der Waals surface area contributed by atoms with E-state index in [1.807, 2.05) is 64.2 Å². The predicted molar refractivity (Wildman–Crippen MR) is 177 cm³/mol. The van der Waals surface area contributed by atoms with Crippen molar-refractivity contribution >= 4 is 54.8 Å². The standard InChI is InChI=1S/C33H37ClN4O3S2/c1-19-15-26-30(28(21-7-9-22(34)10-8-21)27(19)29(32(39)40)41-33(2,3)4)42-43(36-26)23-16-24-25(18-38(6)31(24)35-17-23)20-11-13-37(5)14-12-20/h7-10,15-18,20,29H,11-14H2,1-6H3,(H,39,40)/t29-,43?/m0/s1. The van der Waals surface area contributed by atoms with Crippen molar-refractivity contribution in [3.05, 3.63) is 70.5 Å². The summed E-state index contributed by atoms with van der Waals surface area (Å²) >= 11 is 6.26. The molecule has 1 saturated heterocycles. The number of carboxylic acid groups (broad SMARTS) is 1. The molecule has 0 saturated carbocycles. The van der Waals surface area contributed by atoms with Gasteiger partial charge in [-0.15, -0.1) is 0 Å². The van der Waals surface area contributed by atoms with Crippen LogP contribution in [-0.4, -0.2) is 51.3 Å². The van der Waals surface area contributed by atoms with Crippen molar-refractivity contribution < 1.29 is 14.6 Å². The van der Waals surface area contributed by atoms with E-state index in [0.717, 1.165) is 63.7 Å². The lowest BCUT2D eigenvalue weighted by atomic mass is 9.90. The van der Waals surface area contributed by atoms with Crippen molar-refractivity contribution in [3.8, 4) is 11.1 Å². The second-order valence-electron chi connectivity index (χ2n) is 12.5. The molecule has 10 heteroatoms. The highest BCUT2D eigenvalue weighted by Gasteiger charge is 2.34. The first kappa shape index (κ1) is 30.3. The third-order valence-electron chi connectivity index (χ3n) is 8.12. The van der Waals surface area contributed by atoms with E-state index in [4.69, 9.17) is 25.7 Å². The number of pyridine rings is 1. The average molecular weight is 637 g/mol. The zero-order chi connectivity index (χ0) is 30.6. The molecule has 1 N–H and O–H groups in total. The molecule has 1 fully saturated rings. The fourth-order valence-electron chi connectivity index (χ4n) is 6.07. The van der Waals surface area contributed by atoms with Gasteiger partial charge in [0.1, 0.15) is 5.65 Å². The number of carboxylic acids is 1.